The number of carbonyl (C=O) groups is 2. The number of aliphatic carboxylic acids is 1. The van der Waals surface area contributed by atoms with Gasteiger partial charge in [0.15, 0.2) is 0 Å². The fourth-order valence-corrected chi connectivity index (χ4v) is 3.48. The van der Waals surface area contributed by atoms with Crippen molar-refractivity contribution in [3.05, 3.63) is 42.0 Å². The number of carboxylic acid groups (broad SMARTS) is 1. The first-order chi connectivity index (χ1) is 11.8. The highest BCUT2D eigenvalue weighted by Gasteiger charge is 2.46. The molecule has 25 heavy (non-hydrogen) atoms. The van der Waals surface area contributed by atoms with Crippen molar-refractivity contribution >= 4 is 23.3 Å². The van der Waals surface area contributed by atoms with Gasteiger partial charge in [-0.05, 0) is 36.8 Å². The van der Waals surface area contributed by atoms with E-state index in [1.165, 1.54) is 0 Å². The number of hydrogen-bond acceptors (Lipinski definition) is 3. The zero-order chi connectivity index (χ0) is 18.2. The smallest absolute Gasteiger partial charge is 0.307 e. The predicted molar refractivity (Wildman–Crippen MR) is 97.1 cm³/mol. The molecule has 3 atom stereocenters. The number of benzene rings is 1. The normalized spacial score (nSPS) is 29.2. The summed E-state index contributed by atoms with van der Waals surface area (Å²) in [5.41, 5.74) is 1.28. The van der Waals surface area contributed by atoms with Gasteiger partial charge in [-0.15, -0.1) is 0 Å². The Morgan fingerprint density at radius 1 is 1.32 bits per heavy atom. The van der Waals surface area contributed by atoms with E-state index in [-0.39, 0.29) is 17.7 Å². The van der Waals surface area contributed by atoms with E-state index in [1.807, 2.05) is 51.1 Å². The molecule has 132 valence electrons. The Morgan fingerprint density at radius 2 is 2.00 bits per heavy atom. The maximum absolute atomic E-state index is 12.4. The molecule has 3 unspecified atom stereocenters. The number of allylic oxidation sites excluding steroid dienone is 2. The summed E-state index contributed by atoms with van der Waals surface area (Å²) in [6, 6.07) is 9.84. The number of carbonyl (C=O) groups excluding carboxylic acids is 1. The van der Waals surface area contributed by atoms with Crippen LogP contribution in [0.3, 0.4) is 0 Å². The van der Waals surface area contributed by atoms with Gasteiger partial charge in [-0.25, -0.2) is 0 Å². The van der Waals surface area contributed by atoms with Crippen LogP contribution in [0.1, 0.15) is 39.2 Å². The Bertz CT molecular complexity index is 751. The number of amidine groups is 1. The molecule has 2 aliphatic rings. The Kier molecular flexibility index (Phi) is 4.50. The summed E-state index contributed by atoms with van der Waals surface area (Å²) in [4.78, 5) is 28.9. The molecule has 2 N–H and O–H groups in total. The molecule has 0 saturated carbocycles. The first kappa shape index (κ1) is 17.4. The minimum atomic E-state index is -0.846. The monoisotopic (exact) mass is 340 g/mol. The fourth-order valence-electron chi connectivity index (χ4n) is 3.48. The summed E-state index contributed by atoms with van der Waals surface area (Å²) in [6.45, 7) is 5.72. The van der Waals surface area contributed by atoms with Crippen molar-refractivity contribution in [1.29, 1.82) is 0 Å². The summed E-state index contributed by atoms with van der Waals surface area (Å²) in [5.74, 6) is -1.30. The summed E-state index contributed by atoms with van der Waals surface area (Å²) in [5, 5.41) is 12.6. The summed E-state index contributed by atoms with van der Waals surface area (Å²) < 4.78 is 0. The third-order valence-corrected chi connectivity index (χ3v) is 5.53. The molecular formula is C20H24N2O3. The Morgan fingerprint density at radius 3 is 2.56 bits per heavy atom. The third-order valence-electron chi connectivity index (χ3n) is 5.53. The molecule has 0 aromatic heterocycles. The molecule has 1 aromatic rings. The highest BCUT2D eigenvalue weighted by Crippen LogP contribution is 2.38. The van der Waals surface area contributed by atoms with Gasteiger partial charge in [0, 0.05) is 5.92 Å². The molecule has 0 saturated heterocycles. The molecule has 0 fully saturated rings. The molecular weight excluding hydrogens is 316 g/mol. The van der Waals surface area contributed by atoms with Gasteiger partial charge >= 0.3 is 5.97 Å². The Hall–Kier alpha value is -2.43. The van der Waals surface area contributed by atoms with Gasteiger partial charge in [0.25, 0.3) is 5.91 Å². The largest absolute Gasteiger partial charge is 0.481 e. The first-order valence-electron chi connectivity index (χ1n) is 8.71. The van der Waals surface area contributed by atoms with Gasteiger partial charge in [0.2, 0.25) is 0 Å². The number of hydrogen-bond donors (Lipinski definition) is 2. The summed E-state index contributed by atoms with van der Waals surface area (Å²) in [7, 11) is 0. The maximum Gasteiger partial charge on any atom is 0.307 e. The number of amides is 1. The number of aliphatic imine (C=N–C) groups is 1. The molecule has 5 nitrogen and oxygen atoms in total. The SMILES string of the molecule is CC(C)C1(C)N=C(C2CC=C(c3ccccc3)CC2C(=O)O)NC1=O. The van der Waals surface area contributed by atoms with E-state index in [2.05, 4.69) is 16.4 Å². The van der Waals surface area contributed by atoms with Crippen molar-refractivity contribution in [3.63, 3.8) is 0 Å². The van der Waals surface area contributed by atoms with E-state index < -0.39 is 17.4 Å². The highest BCUT2D eigenvalue weighted by atomic mass is 16.4. The van der Waals surface area contributed by atoms with Crippen molar-refractivity contribution in [1.82, 2.24) is 5.32 Å². The third kappa shape index (κ3) is 3.11. The van der Waals surface area contributed by atoms with E-state index in [4.69, 9.17) is 0 Å². The molecule has 0 spiro atoms. The second kappa shape index (κ2) is 6.47. The molecule has 5 heteroatoms. The maximum atomic E-state index is 12.4. The van der Waals surface area contributed by atoms with Crippen LogP contribution < -0.4 is 5.32 Å². The van der Waals surface area contributed by atoms with Crippen LogP contribution in [-0.2, 0) is 9.59 Å². The van der Waals surface area contributed by atoms with Gasteiger partial charge in [0.1, 0.15) is 11.4 Å². The Labute approximate surface area is 147 Å². The lowest BCUT2D eigenvalue weighted by Crippen LogP contribution is -2.43. The quantitative estimate of drug-likeness (QED) is 0.884. The van der Waals surface area contributed by atoms with Crippen molar-refractivity contribution in [2.24, 2.45) is 22.7 Å². The molecule has 3 rings (SSSR count). The number of carboxylic acids is 1. The van der Waals surface area contributed by atoms with Crippen LogP contribution >= 0.6 is 0 Å². The van der Waals surface area contributed by atoms with E-state index in [1.54, 1.807) is 0 Å². The van der Waals surface area contributed by atoms with Gasteiger partial charge in [-0.1, -0.05) is 50.3 Å². The van der Waals surface area contributed by atoms with Crippen LogP contribution in [0.25, 0.3) is 5.57 Å². The molecule has 1 aliphatic carbocycles. The minimum absolute atomic E-state index is 0.0484. The first-order valence-corrected chi connectivity index (χ1v) is 8.71. The highest BCUT2D eigenvalue weighted by molar-refractivity contribution is 6.10. The van der Waals surface area contributed by atoms with Crippen molar-refractivity contribution in [2.75, 3.05) is 0 Å². The van der Waals surface area contributed by atoms with Crippen molar-refractivity contribution in [2.45, 2.75) is 39.2 Å². The summed E-state index contributed by atoms with van der Waals surface area (Å²) >= 11 is 0. The van der Waals surface area contributed by atoms with Crippen LogP contribution in [0.15, 0.2) is 41.4 Å². The van der Waals surface area contributed by atoms with Gasteiger partial charge < -0.3 is 10.4 Å². The average Bonchev–Trinajstić information content (AvgIpc) is 2.91. The molecule has 0 radical (unpaired) electrons. The molecule has 1 heterocycles. The molecule has 1 amide bonds. The molecule has 0 bridgehead atoms. The van der Waals surface area contributed by atoms with E-state index in [0.717, 1.165) is 11.1 Å². The average molecular weight is 340 g/mol. The lowest BCUT2D eigenvalue weighted by atomic mass is 9.77. The van der Waals surface area contributed by atoms with Crippen LogP contribution in [0.2, 0.25) is 0 Å². The van der Waals surface area contributed by atoms with Crippen LogP contribution in [-0.4, -0.2) is 28.4 Å². The number of rotatable bonds is 4. The minimum Gasteiger partial charge on any atom is -0.481 e. The van der Waals surface area contributed by atoms with Gasteiger partial charge in [0.05, 0.1) is 5.92 Å². The fraction of sp³-hybridized carbons (Fsp3) is 0.450. The Balaban J connectivity index is 1.91. The predicted octanol–water partition coefficient (Wildman–Crippen LogP) is 3.12. The van der Waals surface area contributed by atoms with Crippen LogP contribution in [0.5, 0.6) is 0 Å². The van der Waals surface area contributed by atoms with E-state index >= 15 is 0 Å². The lowest BCUT2D eigenvalue weighted by molar-refractivity contribution is -0.142. The van der Waals surface area contributed by atoms with E-state index in [0.29, 0.717) is 18.7 Å². The second-order valence-electron chi connectivity index (χ2n) is 7.34. The van der Waals surface area contributed by atoms with Crippen molar-refractivity contribution < 1.29 is 14.7 Å². The van der Waals surface area contributed by atoms with Crippen molar-refractivity contribution in [3.8, 4) is 0 Å². The molecule has 1 aromatic carbocycles. The summed E-state index contributed by atoms with van der Waals surface area (Å²) in [6.07, 6.45) is 3.09. The number of nitrogens with one attached hydrogen (secondary N) is 1. The number of nitrogens with zero attached hydrogens (tertiary/aromatic N) is 1. The van der Waals surface area contributed by atoms with Crippen LogP contribution in [0.4, 0.5) is 0 Å². The van der Waals surface area contributed by atoms with Crippen LogP contribution in [0, 0.1) is 17.8 Å². The lowest BCUT2D eigenvalue weighted by Gasteiger charge is -2.28. The topological polar surface area (TPSA) is 78.8 Å². The standard InChI is InChI=1S/C20H24N2O3/c1-12(2)20(3)19(25)21-17(22-20)15-10-9-14(11-16(15)18(23)24)13-7-5-4-6-8-13/h4-9,12,15-16H,10-11H2,1-3H3,(H,23,24)(H,21,22,25). The van der Waals surface area contributed by atoms with Gasteiger partial charge in [-0.2, -0.15) is 0 Å². The molecule has 1 aliphatic heterocycles. The second-order valence-corrected chi connectivity index (χ2v) is 7.34. The van der Waals surface area contributed by atoms with Gasteiger partial charge in [-0.3, -0.25) is 14.6 Å². The zero-order valence-electron chi connectivity index (χ0n) is 14.8. The van der Waals surface area contributed by atoms with E-state index in [9.17, 15) is 14.7 Å². The zero-order valence-corrected chi connectivity index (χ0v) is 14.8.